The van der Waals surface area contributed by atoms with Crippen LogP contribution in [0.2, 0.25) is 0 Å². The number of hydrogen-bond donors (Lipinski definition) is 0. The van der Waals surface area contributed by atoms with Crippen LogP contribution in [0, 0.1) is 82.9 Å². The number of halogens is 1. The van der Waals surface area contributed by atoms with Crippen LogP contribution in [-0.2, 0) is 0 Å². The molecule has 0 amide bonds. The van der Waals surface area contributed by atoms with E-state index in [1.165, 1.54) is 212 Å². The minimum absolute atomic E-state index is 0. The van der Waals surface area contributed by atoms with Crippen molar-refractivity contribution in [3.05, 3.63) is 298 Å². The maximum atomic E-state index is 14.7. The van der Waals surface area contributed by atoms with Crippen molar-refractivity contribution in [1.82, 2.24) is 0 Å². The first-order chi connectivity index (χ1) is 49.0. The normalized spacial score (nSPS) is 22.6. The Morgan fingerprint density at radius 3 is 0.644 bits per heavy atom. The second kappa shape index (κ2) is 36.8. The van der Waals surface area contributed by atoms with Gasteiger partial charge in [0.1, 0.15) is 5.82 Å². The fourth-order valence-corrected chi connectivity index (χ4v) is 16.8. The smallest absolute Gasteiger partial charge is 0.131 e. The minimum Gasteiger partial charge on any atom is -0.206 e. The summed E-state index contributed by atoms with van der Waals surface area (Å²) in [6, 6.07) is 85.0. The highest BCUT2D eigenvalue weighted by molar-refractivity contribution is 5.72. The molecule has 10 aromatic rings. The molecule has 0 nitrogen and oxygen atoms in total. The Morgan fingerprint density at radius 2 is 0.386 bits per heavy atom. The Kier molecular flexibility index (Phi) is 27.1. The SMILES string of the molecule is Cc1ccc(-c2ccc(-c3ccc(C4CCC(C)CC4)cc3)cc2F)cc1.Cc1ccc(-c2ccc(C)cc2)cc1.Cc1ccc(-c2ccc(C3CCC(C)CC3)cc2)cc1.Cc1ccc(-c2ccc(C3CCC(C)CC3)cc2)cc1.Cc1ccc(C2CCC(C3CCC(C)CC3)CC2)cc1.[HH].[HH].[HH].[HH].[HH]. The van der Waals surface area contributed by atoms with Crippen LogP contribution >= 0.6 is 0 Å². The summed E-state index contributed by atoms with van der Waals surface area (Å²) in [7, 11) is 0. The van der Waals surface area contributed by atoms with E-state index in [1.54, 1.807) is 11.6 Å². The molecule has 0 heterocycles. The number of rotatable bonds is 10. The molecule has 536 valence electrons. The summed E-state index contributed by atoms with van der Waals surface area (Å²) in [5.74, 6) is 8.78. The minimum atomic E-state index is -0.165. The summed E-state index contributed by atoms with van der Waals surface area (Å²) in [5.41, 5.74) is 25.4. The van der Waals surface area contributed by atoms with Gasteiger partial charge in [0.15, 0.2) is 0 Å². The van der Waals surface area contributed by atoms with Gasteiger partial charge in [-0.15, -0.1) is 0 Å². The average Bonchev–Trinajstić information content (AvgIpc) is 0.822. The maximum Gasteiger partial charge on any atom is 0.131 e. The van der Waals surface area contributed by atoms with Crippen LogP contribution in [0.3, 0.4) is 0 Å². The lowest BCUT2D eigenvalue weighted by Gasteiger charge is -2.37. The third kappa shape index (κ3) is 21.8. The van der Waals surface area contributed by atoms with Crippen LogP contribution in [0.15, 0.2) is 237 Å². The van der Waals surface area contributed by atoms with E-state index in [1.807, 2.05) is 43.3 Å². The molecule has 1 heteroatoms. The van der Waals surface area contributed by atoms with Gasteiger partial charge < -0.3 is 0 Å². The summed E-state index contributed by atoms with van der Waals surface area (Å²) in [4.78, 5) is 0. The van der Waals surface area contributed by atoms with Gasteiger partial charge in [-0.1, -0.05) is 343 Å². The van der Waals surface area contributed by atoms with Crippen LogP contribution in [0.5, 0.6) is 0 Å². The highest BCUT2D eigenvalue weighted by Crippen LogP contribution is 2.45. The van der Waals surface area contributed by atoms with E-state index in [0.717, 1.165) is 70.0 Å². The van der Waals surface area contributed by atoms with Crippen molar-refractivity contribution < 1.29 is 11.5 Å². The lowest BCUT2D eigenvalue weighted by molar-refractivity contribution is 0.165. The highest BCUT2D eigenvalue weighted by atomic mass is 19.1. The Hall–Kier alpha value is -7.87. The molecular weight excluding hydrogens is 1220 g/mol. The molecule has 5 aliphatic carbocycles. The zero-order valence-corrected chi connectivity index (χ0v) is 63.3. The van der Waals surface area contributed by atoms with Crippen LogP contribution in [0.1, 0.15) is 243 Å². The van der Waals surface area contributed by atoms with Crippen LogP contribution in [-0.4, -0.2) is 0 Å². The molecule has 0 aromatic heterocycles. The predicted octanol–water partition coefficient (Wildman–Crippen LogP) is 31.0. The van der Waals surface area contributed by atoms with E-state index in [-0.39, 0.29) is 13.0 Å². The largest absolute Gasteiger partial charge is 0.206 e. The average molecular weight is 1350 g/mol. The van der Waals surface area contributed by atoms with Crippen molar-refractivity contribution in [3.8, 4) is 55.6 Å². The van der Waals surface area contributed by atoms with E-state index >= 15 is 0 Å². The fraction of sp³-hybridized carbons (Fsp3) is 0.400. The predicted molar refractivity (Wildman–Crippen MR) is 445 cm³/mol. The van der Waals surface area contributed by atoms with Crippen LogP contribution < -0.4 is 0 Å². The van der Waals surface area contributed by atoms with E-state index in [4.69, 9.17) is 0 Å². The summed E-state index contributed by atoms with van der Waals surface area (Å²) < 4.78 is 14.7. The molecule has 0 N–H and O–H groups in total. The maximum absolute atomic E-state index is 14.7. The van der Waals surface area contributed by atoms with E-state index < -0.39 is 0 Å². The molecule has 5 fully saturated rings. The third-order valence-corrected chi connectivity index (χ3v) is 24.1. The molecule has 0 bridgehead atoms. The van der Waals surface area contributed by atoms with Crippen molar-refractivity contribution in [2.24, 2.45) is 35.5 Å². The molecule has 15 rings (SSSR count). The molecule has 0 spiro atoms. The standard InChI is InChI=1S/C26H27F.C20H30.2C20H24.C14H14.5H2/c1-18-3-7-20(8-4-18)21-11-13-22(14-12-21)24-15-16-25(26(27)17-24)23-9-5-19(2)6-10-23;3*1-15-3-7-17(8-4-15)19-11-13-20(14-12-19)18-9-5-16(2)6-10-18;1-11-3-7-13(8-4-11)14-9-5-12(2)6-10-14;;;;;/h5-6,9-18,20H,3-4,7-8H2,1-2H3;3-4,7-8,16,18-20H,5-6,9-14H2,1-2H3;2*3-4,7-8,11-14,16,18H,5-6,9-10H2,1-2H3;3-10H,1-2H3;5*1H. The zero-order valence-electron chi connectivity index (χ0n) is 63.3. The highest BCUT2D eigenvalue weighted by Gasteiger charge is 2.31. The zero-order chi connectivity index (χ0) is 70.6. The third-order valence-electron chi connectivity index (χ3n) is 24.1. The van der Waals surface area contributed by atoms with Gasteiger partial charge in [-0.2, -0.15) is 0 Å². The van der Waals surface area contributed by atoms with Gasteiger partial charge in [0.25, 0.3) is 0 Å². The lowest BCUT2D eigenvalue weighted by atomic mass is 9.68. The topological polar surface area (TPSA) is 0 Å². The lowest BCUT2D eigenvalue weighted by Crippen LogP contribution is -2.24. The second-order valence-corrected chi connectivity index (χ2v) is 32.3. The summed E-state index contributed by atoms with van der Waals surface area (Å²) >= 11 is 0. The number of benzene rings is 10. The van der Waals surface area contributed by atoms with Gasteiger partial charge in [0, 0.05) is 12.7 Å². The Bertz CT molecular complexity index is 3900. The molecular formula is C100H129F. The van der Waals surface area contributed by atoms with Crippen molar-refractivity contribution in [3.63, 3.8) is 0 Å². The quantitative estimate of drug-likeness (QED) is 0.128. The molecule has 5 saturated carbocycles. The van der Waals surface area contributed by atoms with Gasteiger partial charge in [-0.25, -0.2) is 4.39 Å². The van der Waals surface area contributed by atoms with E-state index in [2.05, 4.69) is 256 Å². The van der Waals surface area contributed by atoms with Gasteiger partial charge >= 0.3 is 0 Å². The number of aryl methyl sites for hydroxylation is 6. The molecule has 0 aliphatic heterocycles. The summed E-state index contributed by atoms with van der Waals surface area (Å²) in [6.07, 6.45) is 28.1. The summed E-state index contributed by atoms with van der Waals surface area (Å²) in [5, 5.41) is 0. The monoisotopic (exact) mass is 1350 g/mol. The van der Waals surface area contributed by atoms with Crippen molar-refractivity contribution in [2.45, 2.75) is 221 Å². The molecule has 0 atom stereocenters. The van der Waals surface area contributed by atoms with Gasteiger partial charge in [0.05, 0.1) is 0 Å². The molecule has 0 radical (unpaired) electrons. The fourth-order valence-electron chi connectivity index (χ4n) is 16.8. The van der Waals surface area contributed by atoms with E-state index in [0.29, 0.717) is 11.5 Å². The van der Waals surface area contributed by atoms with E-state index in [9.17, 15) is 4.39 Å². The van der Waals surface area contributed by atoms with Crippen molar-refractivity contribution >= 4 is 0 Å². The molecule has 10 aromatic carbocycles. The Morgan fingerprint density at radius 1 is 0.208 bits per heavy atom. The molecule has 5 aliphatic rings. The number of hydrogen-bond acceptors (Lipinski definition) is 0. The second-order valence-electron chi connectivity index (χ2n) is 32.3. The van der Waals surface area contributed by atoms with Crippen molar-refractivity contribution in [1.29, 1.82) is 0 Å². The van der Waals surface area contributed by atoms with Gasteiger partial charge in [0.2, 0.25) is 0 Å². The van der Waals surface area contributed by atoms with Gasteiger partial charge in [-0.05, 0) is 256 Å². The molecule has 0 unspecified atom stereocenters. The first-order valence-electron chi connectivity index (χ1n) is 39.5. The van der Waals surface area contributed by atoms with Crippen LogP contribution in [0.25, 0.3) is 55.6 Å². The first kappa shape index (κ1) is 74.3. The van der Waals surface area contributed by atoms with Crippen LogP contribution in [0.4, 0.5) is 4.39 Å². The summed E-state index contributed by atoms with van der Waals surface area (Å²) in [6.45, 7) is 22.3. The molecule has 0 saturated heterocycles. The van der Waals surface area contributed by atoms with Crippen molar-refractivity contribution in [2.75, 3.05) is 0 Å². The molecule has 101 heavy (non-hydrogen) atoms. The first-order valence-corrected chi connectivity index (χ1v) is 39.5. The van der Waals surface area contributed by atoms with Gasteiger partial charge in [-0.3, -0.25) is 0 Å². The Labute approximate surface area is 618 Å². The Balaban J connectivity index is 0.000000208.